The van der Waals surface area contributed by atoms with E-state index in [4.69, 9.17) is 4.74 Å². The number of nitrogens with zero attached hydrogens (tertiary/aromatic N) is 3. The van der Waals surface area contributed by atoms with Crippen LogP contribution in [-0.2, 0) is 9.53 Å². The summed E-state index contributed by atoms with van der Waals surface area (Å²) in [6.45, 7) is 1.18. The Morgan fingerprint density at radius 2 is 2.29 bits per heavy atom. The fraction of sp³-hybridized carbons (Fsp3) is 0.375. The lowest BCUT2D eigenvalue weighted by molar-refractivity contribution is -0.139. The molecule has 8 heteroatoms. The minimum atomic E-state index is -0.138. The Balaban J connectivity index is 1.52. The number of piperidine rings is 1. The van der Waals surface area contributed by atoms with Crippen LogP contribution in [0, 0.1) is 0 Å². The largest absolute Gasteiger partial charge is 0.366 e. The van der Waals surface area contributed by atoms with Crippen LogP contribution in [0.3, 0.4) is 0 Å². The summed E-state index contributed by atoms with van der Waals surface area (Å²) in [4.78, 5) is 30.2. The molecule has 0 bridgehead atoms. The summed E-state index contributed by atoms with van der Waals surface area (Å²) in [6.07, 6.45) is 2.14. The van der Waals surface area contributed by atoms with Crippen molar-refractivity contribution in [1.82, 2.24) is 25.4 Å². The molecule has 24 heavy (non-hydrogen) atoms. The van der Waals surface area contributed by atoms with E-state index in [0.29, 0.717) is 24.5 Å². The van der Waals surface area contributed by atoms with Crippen molar-refractivity contribution >= 4 is 11.8 Å². The Hall–Kier alpha value is -2.74. The highest BCUT2D eigenvalue weighted by molar-refractivity contribution is 5.95. The summed E-state index contributed by atoms with van der Waals surface area (Å²) in [6, 6.07) is 7.14. The number of carbonyl (C=O) groups excluding carboxylic acids is 2. The summed E-state index contributed by atoms with van der Waals surface area (Å²) in [7, 11) is 0. The molecule has 0 radical (unpaired) electrons. The molecule has 0 aliphatic carbocycles. The fourth-order valence-corrected chi connectivity index (χ4v) is 3.21. The van der Waals surface area contributed by atoms with Crippen LogP contribution in [0.15, 0.2) is 30.6 Å². The Morgan fingerprint density at radius 3 is 3.12 bits per heavy atom. The van der Waals surface area contributed by atoms with Crippen molar-refractivity contribution in [2.45, 2.75) is 18.6 Å². The molecule has 2 atom stereocenters. The average Bonchev–Trinajstić information content (AvgIpc) is 3.15. The smallest absolute Gasteiger partial charge is 0.253 e. The van der Waals surface area contributed by atoms with Gasteiger partial charge in [-0.1, -0.05) is 12.1 Å². The molecule has 4 rings (SSSR count). The Morgan fingerprint density at radius 1 is 1.38 bits per heavy atom. The Labute approximate surface area is 138 Å². The lowest BCUT2D eigenvalue weighted by Crippen LogP contribution is -2.61. The molecule has 2 N–H and O–H groups in total. The Bertz CT molecular complexity index is 761. The predicted octanol–water partition coefficient (Wildman–Crippen LogP) is 0.201. The molecule has 2 fully saturated rings. The van der Waals surface area contributed by atoms with Crippen molar-refractivity contribution < 1.29 is 14.3 Å². The molecule has 0 saturated carbocycles. The number of carbonyl (C=O) groups is 2. The van der Waals surface area contributed by atoms with E-state index in [9.17, 15) is 9.59 Å². The minimum absolute atomic E-state index is 0.00715. The normalized spacial score (nSPS) is 23.5. The number of ether oxygens (including phenoxy) is 1. The number of nitrogens with one attached hydrogen (secondary N) is 2. The van der Waals surface area contributed by atoms with Gasteiger partial charge in [0.1, 0.15) is 12.9 Å². The van der Waals surface area contributed by atoms with Crippen LogP contribution in [0.4, 0.5) is 0 Å². The van der Waals surface area contributed by atoms with E-state index in [1.54, 1.807) is 17.0 Å². The van der Waals surface area contributed by atoms with Crippen molar-refractivity contribution in [1.29, 1.82) is 0 Å². The summed E-state index contributed by atoms with van der Waals surface area (Å²) in [5.74, 6) is 0.434. The third-order valence-corrected chi connectivity index (χ3v) is 4.41. The number of amides is 2. The molecule has 124 valence electrons. The van der Waals surface area contributed by atoms with Gasteiger partial charge in [0.15, 0.2) is 5.82 Å². The minimum Gasteiger partial charge on any atom is -0.366 e. The first-order chi connectivity index (χ1) is 11.7. The van der Waals surface area contributed by atoms with Gasteiger partial charge >= 0.3 is 0 Å². The number of morpholine rings is 1. The summed E-state index contributed by atoms with van der Waals surface area (Å²) >= 11 is 0. The molecule has 2 saturated heterocycles. The van der Waals surface area contributed by atoms with Crippen LogP contribution in [0.2, 0.25) is 0 Å². The first-order valence-corrected chi connectivity index (χ1v) is 7.87. The highest BCUT2D eigenvalue weighted by Gasteiger charge is 2.36. The van der Waals surface area contributed by atoms with E-state index in [0.717, 1.165) is 12.0 Å². The zero-order valence-corrected chi connectivity index (χ0v) is 12.9. The van der Waals surface area contributed by atoms with E-state index in [1.165, 1.54) is 6.33 Å². The maximum absolute atomic E-state index is 12.8. The van der Waals surface area contributed by atoms with Gasteiger partial charge in [-0.2, -0.15) is 5.10 Å². The van der Waals surface area contributed by atoms with Crippen LogP contribution in [0.5, 0.6) is 0 Å². The molecule has 0 unspecified atom stereocenters. The van der Waals surface area contributed by atoms with E-state index in [2.05, 4.69) is 20.5 Å². The molecule has 2 aliphatic heterocycles. The van der Waals surface area contributed by atoms with Crippen LogP contribution < -0.4 is 5.32 Å². The third-order valence-electron chi connectivity index (χ3n) is 4.41. The van der Waals surface area contributed by atoms with Crippen LogP contribution in [0.25, 0.3) is 11.4 Å². The first kappa shape index (κ1) is 14.8. The van der Waals surface area contributed by atoms with Gasteiger partial charge in [0.05, 0.1) is 12.1 Å². The number of H-pyrrole nitrogens is 1. The number of benzene rings is 1. The number of hydrogen-bond donors (Lipinski definition) is 2. The summed E-state index contributed by atoms with van der Waals surface area (Å²) in [5.41, 5.74) is 1.40. The molecule has 0 spiro atoms. The lowest BCUT2D eigenvalue weighted by Gasteiger charge is -2.41. The van der Waals surface area contributed by atoms with Crippen molar-refractivity contribution in [3.05, 3.63) is 36.2 Å². The number of rotatable bonds is 2. The quantitative estimate of drug-likeness (QED) is 0.821. The van der Waals surface area contributed by atoms with Crippen molar-refractivity contribution in [2.24, 2.45) is 0 Å². The van der Waals surface area contributed by atoms with Gasteiger partial charge in [-0.25, -0.2) is 4.98 Å². The molecule has 2 aromatic rings. The molecule has 3 heterocycles. The molecule has 1 aromatic carbocycles. The summed E-state index contributed by atoms with van der Waals surface area (Å²) in [5, 5.41) is 9.53. The van der Waals surface area contributed by atoms with E-state index < -0.39 is 0 Å². The number of hydrogen-bond acceptors (Lipinski definition) is 5. The molecular weight excluding hydrogens is 310 g/mol. The topological polar surface area (TPSA) is 100 Å². The van der Waals surface area contributed by atoms with E-state index in [1.807, 2.05) is 12.1 Å². The van der Waals surface area contributed by atoms with Gasteiger partial charge in [-0.3, -0.25) is 14.7 Å². The van der Waals surface area contributed by atoms with Gasteiger partial charge in [0, 0.05) is 24.2 Å². The molecule has 8 nitrogen and oxygen atoms in total. The molecule has 2 aliphatic rings. The maximum atomic E-state index is 12.8. The van der Waals surface area contributed by atoms with E-state index in [-0.39, 0.29) is 30.6 Å². The zero-order chi connectivity index (χ0) is 16.5. The second-order valence-electron chi connectivity index (χ2n) is 5.98. The predicted molar refractivity (Wildman–Crippen MR) is 84.0 cm³/mol. The van der Waals surface area contributed by atoms with Crippen molar-refractivity contribution in [3.8, 4) is 11.4 Å². The second-order valence-corrected chi connectivity index (χ2v) is 5.98. The van der Waals surface area contributed by atoms with Crippen LogP contribution >= 0.6 is 0 Å². The number of aromatic amines is 1. The van der Waals surface area contributed by atoms with Crippen molar-refractivity contribution in [3.63, 3.8) is 0 Å². The molecule has 2 amide bonds. The lowest BCUT2D eigenvalue weighted by atomic mass is 9.99. The number of likely N-dealkylation sites (tertiary alicyclic amines) is 1. The third kappa shape index (κ3) is 2.76. The van der Waals surface area contributed by atoms with Gasteiger partial charge in [-0.15, -0.1) is 0 Å². The summed E-state index contributed by atoms with van der Waals surface area (Å²) < 4.78 is 5.53. The van der Waals surface area contributed by atoms with Crippen LogP contribution in [-0.4, -0.2) is 63.7 Å². The molecule has 1 aromatic heterocycles. The number of fused-ring (bicyclic) bond motifs is 1. The fourth-order valence-electron chi connectivity index (χ4n) is 3.21. The van der Waals surface area contributed by atoms with Gasteiger partial charge in [-0.05, 0) is 18.6 Å². The first-order valence-electron chi connectivity index (χ1n) is 7.87. The van der Waals surface area contributed by atoms with Crippen molar-refractivity contribution in [2.75, 3.05) is 19.7 Å². The number of aromatic nitrogens is 3. The monoisotopic (exact) mass is 327 g/mol. The highest BCUT2D eigenvalue weighted by atomic mass is 16.5. The maximum Gasteiger partial charge on any atom is 0.253 e. The standard InChI is InChI=1S/C16H17N5O3/c22-14-8-24-13-4-5-21(7-12(13)19-14)16(23)11-3-1-2-10(6-11)15-17-9-18-20-15/h1-3,6,9,12-13H,4-5,7-8H2,(H,19,22)(H,17,18,20)/t12-,13-/m1/s1. The van der Waals surface area contributed by atoms with Gasteiger partial charge < -0.3 is 15.0 Å². The highest BCUT2D eigenvalue weighted by Crippen LogP contribution is 2.21. The SMILES string of the molecule is O=C1CO[C@@H]2CCN(C(=O)c3cccc(-c4ncn[nH]4)c3)C[C@H]2N1. The van der Waals surface area contributed by atoms with Gasteiger partial charge in [0.2, 0.25) is 5.91 Å². The Kier molecular flexibility index (Phi) is 3.73. The van der Waals surface area contributed by atoms with E-state index >= 15 is 0 Å². The molecular formula is C16H17N5O3. The van der Waals surface area contributed by atoms with Gasteiger partial charge in [0.25, 0.3) is 5.91 Å². The van der Waals surface area contributed by atoms with Crippen LogP contribution in [0.1, 0.15) is 16.8 Å². The second kappa shape index (κ2) is 6.04. The zero-order valence-electron chi connectivity index (χ0n) is 12.9. The average molecular weight is 327 g/mol.